The molecule has 0 aliphatic carbocycles. The van der Waals surface area contributed by atoms with Gasteiger partial charge in [0.2, 0.25) is 0 Å². The quantitative estimate of drug-likeness (QED) is 0.418. The van der Waals surface area contributed by atoms with Gasteiger partial charge in [-0.2, -0.15) is 0 Å². The number of para-hydroxylation sites is 1. The number of carbonyl (C=O) groups is 1. The van der Waals surface area contributed by atoms with E-state index < -0.39 is 0 Å². The van der Waals surface area contributed by atoms with Gasteiger partial charge in [-0.3, -0.25) is 4.79 Å². The zero-order chi connectivity index (χ0) is 15.8. The highest BCUT2D eigenvalue weighted by atomic mass is 16.5. The van der Waals surface area contributed by atoms with Crippen molar-refractivity contribution in [2.75, 3.05) is 13.2 Å². The molecule has 0 unspecified atom stereocenters. The number of Topliss-reactive ketones (excluding diaryl/α,β-unsaturated/α-hetero) is 1. The Morgan fingerprint density at radius 3 is 2.50 bits per heavy atom. The second-order valence-electron chi connectivity index (χ2n) is 4.88. The van der Waals surface area contributed by atoms with Crippen LogP contribution in [0.2, 0.25) is 0 Å². The van der Waals surface area contributed by atoms with Gasteiger partial charge >= 0.3 is 0 Å². The summed E-state index contributed by atoms with van der Waals surface area (Å²) in [7, 11) is 0. The van der Waals surface area contributed by atoms with Crippen LogP contribution in [0.15, 0.2) is 61.2 Å². The van der Waals surface area contributed by atoms with Crippen molar-refractivity contribution in [3.05, 3.63) is 72.3 Å². The Morgan fingerprint density at radius 1 is 1.09 bits per heavy atom. The summed E-state index contributed by atoms with van der Waals surface area (Å²) in [6, 6.07) is 15.1. The van der Waals surface area contributed by atoms with Crippen LogP contribution in [0.5, 0.6) is 11.5 Å². The molecule has 0 spiro atoms. The molecule has 0 aromatic heterocycles. The van der Waals surface area contributed by atoms with Crippen LogP contribution in [0.1, 0.15) is 22.8 Å². The zero-order valence-corrected chi connectivity index (χ0v) is 12.7. The molecule has 0 atom stereocenters. The lowest BCUT2D eigenvalue weighted by Crippen LogP contribution is -2.10. The molecular formula is C19H20O3. The van der Waals surface area contributed by atoms with Crippen molar-refractivity contribution < 1.29 is 14.3 Å². The van der Waals surface area contributed by atoms with Crippen LogP contribution in [0, 0.1) is 0 Å². The SMILES string of the molecule is C=CCc1cc(C(C)=O)ccc1OCCOc1ccccc1. The Labute approximate surface area is 131 Å². The van der Waals surface area contributed by atoms with E-state index in [-0.39, 0.29) is 5.78 Å². The molecule has 0 aliphatic rings. The molecule has 2 rings (SSSR count). The third-order valence-electron chi connectivity index (χ3n) is 3.18. The summed E-state index contributed by atoms with van der Waals surface area (Å²) in [6.45, 7) is 6.21. The van der Waals surface area contributed by atoms with Gasteiger partial charge in [-0.1, -0.05) is 24.3 Å². The van der Waals surface area contributed by atoms with Crippen molar-refractivity contribution in [1.82, 2.24) is 0 Å². The van der Waals surface area contributed by atoms with Crippen molar-refractivity contribution in [3.8, 4) is 11.5 Å². The van der Waals surface area contributed by atoms with Crippen LogP contribution in [0.4, 0.5) is 0 Å². The third-order valence-corrected chi connectivity index (χ3v) is 3.18. The smallest absolute Gasteiger partial charge is 0.159 e. The van der Waals surface area contributed by atoms with Gasteiger partial charge in [0.15, 0.2) is 5.78 Å². The van der Waals surface area contributed by atoms with E-state index in [9.17, 15) is 4.79 Å². The first-order chi connectivity index (χ1) is 10.7. The Morgan fingerprint density at radius 2 is 1.82 bits per heavy atom. The van der Waals surface area contributed by atoms with Crippen LogP contribution in [0.3, 0.4) is 0 Å². The Kier molecular flexibility index (Phi) is 5.78. The summed E-state index contributed by atoms with van der Waals surface area (Å²) >= 11 is 0. The maximum Gasteiger partial charge on any atom is 0.159 e. The number of hydrogen-bond donors (Lipinski definition) is 0. The van der Waals surface area contributed by atoms with E-state index in [0.717, 1.165) is 17.1 Å². The van der Waals surface area contributed by atoms with Gasteiger partial charge in [-0.05, 0) is 49.2 Å². The van der Waals surface area contributed by atoms with Crippen molar-refractivity contribution in [2.24, 2.45) is 0 Å². The van der Waals surface area contributed by atoms with Gasteiger partial charge in [0.05, 0.1) is 0 Å². The highest BCUT2D eigenvalue weighted by Gasteiger charge is 2.07. The molecule has 0 saturated heterocycles. The standard InChI is InChI=1S/C19H20O3/c1-3-7-17-14-16(15(2)20)10-11-19(17)22-13-12-21-18-8-5-4-6-9-18/h3-6,8-11,14H,1,7,12-13H2,2H3. The molecule has 0 saturated carbocycles. The molecule has 0 radical (unpaired) electrons. The number of hydrogen-bond acceptors (Lipinski definition) is 3. The first-order valence-electron chi connectivity index (χ1n) is 7.26. The minimum atomic E-state index is 0.0456. The lowest BCUT2D eigenvalue weighted by Gasteiger charge is -2.12. The molecule has 0 amide bonds. The van der Waals surface area contributed by atoms with E-state index in [1.807, 2.05) is 42.5 Å². The van der Waals surface area contributed by atoms with Crippen LogP contribution in [0.25, 0.3) is 0 Å². The van der Waals surface area contributed by atoms with Crippen LogP contribution >= 0.6 is 0 Å². The fourth-order valence-electron chi connectivity index (χ4n) is 2.08. The molecule has 0 aliphatic heterocycles. The first-order valence-corrected chi connectivity index (χ1v) is 7.26. The maximum atomic E-state index is 11.4. The minimum Gasteiger partial charge on any atom is -0.490 e. The molecule has 0 heterocycles. The Balaban J connectivity index is 1.94. The summed E-state index contributed by atoms with van der Waals surface area (Å²) in [6.07, 6.45) is 2.46. The molecule has 3 heteroatoms. The number of benzene rings is 2. The number of allylic oxidation sites excluding steroid dienone is 1. The summed E-state index contributed by atoms with van der Waals surface area (Å²) < 4.78 is 11.4. The van der Waals surface area contributed by atoms with Crippen molar-refractivity contribution >= 4 is 5.78 Å². The highest BCUT2D eigenvalue weighted by Crippen LogP contribution is 2.21. The van der Waals surface area contributed by atoms with Gasteiger partial charge in [0.1, 0.15) is 24.7 Å². The Hall–Kier alpha value is -2.55. The summed E-state index contributed by atoms with van der Waals surface area (Å²) in [5, 5.41) is 0. The molecule has 0 bridgehead atoms. The van der Waals surface area contributed by atoms with E-state index in [0.29, 0.717) is 25.2 Å². The van der Waals surface area contributed by atoms with E-state index in [1.54, 1.807) is 19.1 Å². The van der Waals surface area contributed by atoms with Crippen molar-refractivity contribution in [2.45, 2.75) is 13.3 Å². The van der Waals surface area contributed by atoms with Gasteiger partial charge < -0.3 is 9.47 Å². The average molecular weight is 296 g/mol. The van der Waals surface area contributed by atoms with Gasteiger partial charge in [0.25, 0.3) is 0 Å². The summed E-state index contributed by atoms with van der Waals surface area (Å²) in [4.78, 5) is 11.4. The van der Waals surface area contributed by atoms with Crippen LogP contribution in [-0.2, 0) is 6.42 Å². The summed E-state index contributed by atoms with van der Waals surface area (Å²) in [5.41, 5.74) is 1.65. The zero-order valence-electron chi connectivity index (χ0n) is 12.7. The second kappa shape index (κ2) is 8.03. The van der Waals surface area contributed by atoms with Crippen LogP contribution < -0.4 is 9.47 Å². The molecule has 2 aromatic carbocycles. The lowest BCUT2D eigenvalue weighted by molar-refractivity contribution is 0.101. The fourth-order valence-corrected chi connectivity index (χ4v) is 2.08. The molecule has 2 aromatic rings. The predicted molar refractivity (Wildman–Crippen MR) is 87.8 cm³/mol. The van der Waals surface area contributed by atoms with Crippen LogP contribution in [-0.4, -0.2) is 19.0 Å². The van der Waals surface area contributed by atoms with Crippen molar-refractivity contribution in [1.29, 1.82) is 0 Å². The normalized spacial score (nSPS) is 10.0. The number of ketones is 1. The van der Waals surface area contributed by atoms with Gasteiger partial charge in [0, 0.05) is 5.56 Å². The molecular weight excluding hydrogens is 276 g/mol. The number of ether oxygens (including phenoxy) is 2. The molecule has 0 fully saturated rings. The number of rotatable bonds is 8. The third kappa shape index (κ3) is 4.48. The van der Waals surface area contributed by atoms with E-state index in [1.165, 1.54) is 0 Å². The van der Waals surface area contributed by atoms with E-state index >= 15 is 0 Å². The molecule has 114 valence electrons. The highest BCUT2D eigenvalue weighted by molar-refractivity contribution is 5.94. The Bertz CT molecular complexity index is 632. The predicted octanol–water partition coefficient (Wildman–Crippen LogP) is 4.08. The topological polar surface area (TPSA) is 35.5 Å². The largest absolute Gasteiger partial charge is 0.490 e. The molecule has 22 heavy (non-hydrogen) atoms. The maximum absolute atomic E-state index is 11.4. The summed E-state index contributed by atoms with van der Waals surface area (Å²) in [5.74, 6) is 1.63. The van der Waals surface area contributed by atoms with Gasteiger partial charge in [-0.15, -0.1) is 6.58 Å². The monoisotopic (exact) mass is 296 g/mol. The second-order valence-corrected chi connectivity index (χ2v) is 4.88. The van der Waals surface area contributed by atoms with E-state index in [4.69, 9.17) is 9.47 Å². The average Bonchev–Trinajstić information content (AvgIpc) is 2.53. The van der Waals surface area contributed by atoms with E-state index in [2.05, 4.69) is 6.58 Å². The minimum absolute atomic E-state index is 0.0456. The first kappa shape index (κ1) is 15.8. The fraction of sp³-hybridized carbons (Fsp3) is 0.211. The molecule has 0 N–H and O–H groups in total. The molecule has 3 nitrogen and oxygen atoms in total. The lowest BCUT2D eigenvalue weighted by atomic mass is 10.0. The van der Waals surface area contributed by atoms with Gasteiger partial charge in [-0.25, -0.2) is 0 Å². The van der Waals surface area contributed by atoms with Crippen molar-refractivity contribution in [3.63, 3.8) is 0 Å². The number of carbonyl (C=O) groups excluding carboxylic acids is 1.